The maximum absolute atomic E-state index is 16.5. The number of para-hydroxylation sites is 2. The van der Waals surface area contributed by atoms with E-state index < -0.39 is 23.3 Å². The molecule has 6 heteroatoms. The summed E-state index contributed by atoms with van der Waals surface area (Å²) in [6, 6.07) is 57.3. The minimum Gasteiger partial charge on any atom is -0.304 e. The van der Waals surface area contributed by atoms with Crippen molar-refractivity contribution < 1.29 is 17.6 Å². The molecule has 278 valence electrons. The number of anilines is 6. The Hall–Kier alpha value is -7.44. The molecule has 2 nitrogen and oxygen atoms in total. The summed E-state index contributed by atoms with van der Waals surface area (Å²) in [4.78, 5) is 3.25. The topological polar surface area (TPSA) is 6.48 Å². The van der Waals surface area contributed by atoms with Crippen molar-refractivity contribution in [2.45, 2.75) is 0 Å². The summed E-state index contributed by atoms with van der Waals surface area (Å²) >= 11 is 0. The zero-order valence-electron chi connectivity index (χ0n) is 30.9. The van der Waals surface area contributed by atoms with Crippen molar-refractivity contribution in [1.82, 2.24) is 0 Å². The zero-order chi connectivity index (χ0) is 39.3. The van der Waals surface area contributed by atoms with Crippen molar-refractivity contribution in [3.63, 3.8) is 0 Å². The van der Waals surface area contributed by atoms with E-state index in [0.29, 0.717) is 22.5 Å². The first-order valence-corrected chi connectivity index (χ1v) is 18.9. The number of halogens is 4. The normalized spacial score (nSPS) is 11.4. The van der Waals surface area contributed by atoms with Crippen molar-refractivity contribution in [1.29, 1.82) is 0 Å². The summed E-state index contributed by atoms with van der Waals surface area (Å²) in [6.45, 7) is 0. The minimum atomic E-state index is -0.515. The number of rotatable bonds is 8. The van der Waals surface area contributed by atoms with Gasteiger partial charge < -0.3 is 9.80 Å². The summed E-state index contributed by atoms with van der Waals surface area (Å²) in [5.74, 6) is -2.05. The Kier molecular flexibility index (Phi) is 8.60. The highest BCUT2D eigenvalue weighted by molar-refractivity contribution is 6.28. The van der Waals surface area contributed by atoms with E-state index in [9.17, 15) is 0 Å². The van der Waals surface area contributed by atoms with Crippen LogP contribution in [0.2, 0.25) is 0 Å². The van der Waals surface area contributed by atoms with Gasteiger partial charge in [0.1, 0.15) is 23.3 Å². The Morgan fingerprint density at radius 2 is 0.603 bits per heavy atom. The third-order valence-electron chi connectivity index (χ3n) is 10.9. The maximum atomic E-state index is 16.5. The molecular weight excluding hydrogens is 729 g/mol. The van der Waals surface area contributed by atoms with Crippen LogP contribution in [0.15, 0.2) is 194 Å². The van der Waals surface area contributed by atoms with Crippen LogP contribution < -0.4 is 9.80 Å². The molecule has 0 aromatic heterocycles. The standard InChI is InChI=1S/C52H32F4N2/c53-41-15-7-9-17-47(41)57(49-29-23-37(31-43(49)55)33-11-3-1-4-12-33)45-27-21-35-20-26-40-46(28-22-36-19-25-39(45)51(35)52(36)40)58(48-18-10-8-16-42(48)54)50-30-24-38(32-44(50)56)34-13-5-2-6-14-34/h1-32H. The van der Waals surface area contributed by atoms with Gasteiger partial charge in [0.15, 0.2) is 0 Å². The molecular formula is C52H32F4N2. The van der Waals surface area contributed by atoms with Gasteiger partial charge in [0, 0.05) is 10.8 Å². The Balaban J connectivity index is 1.20. The second kappa shape index (κ2) is 14.3. The Labute approximate surface area is 332 Å². The van der Waals surface area contributed by atoms with Gasteiger partial charge in [0.05, 0.1) is 34.1 Å². The molecule has 0 unspecified atom stereocenters. The molecule has 0 aliphatic rings. The summed E-state index contributed by atoms with van der Waals surface area (Å²) in [5.41, 5.74) is 4.98. The van der Waals surface area contributed by atoms with E-state index in [0.717, 1.165) is 43.4 Å². The van der Waals surface area contributed by atoms with Gasteiger partial charge in [-0.3, -0.25) is 0 Å². The van der Waals surface area contributed by atoms with E-state index in [1.807, 2.05) is 121 Å². The number of nitrogens with zero attached hydrogens (tertiary/aromatic N) is 2. The third kappa shape index (κ3) is 5.89. The van der Waals surface area contributed by atoms with E-state index in [2.05, 4.69) is 0 Å². The Morgan fingerprint density at radius 1 is 0.259 bits per heavy atom. The lowest BCUT2D eigenvalue weighted by atomic mass is 9.91. The van der Waals surface area contributed by atoms with Crippen LogP contribution in [0.3, 0.4) is 0 Å². The summed E-state index contributed by atoms with van der Waals surface area (Å²) < 4.78 is 64.8. The van der Waals surface area contributed by atoms with Crippen LogP contribution in [0.1, 0.15) is 0 Å². The lowest BCUT2D eigenvalue weighted by Gasteiger charge is -2.30. The molecule has 0 N–H and O–H groups in total. The largest absolute Gasteiger partial charge is 0.304 e. The molecule has 0 radical (unpaired) electrons. The average Bonchev–Trinajstić information content (AvgIpc) is 3.26. The van der Waals surface area contributed by atoms with Crippen molar-refractivity contribution >= 4 is 66.4 Å². The molecule has 10 aromatic carbocycles. The Bertz CT molecular complexity index is 2920. The predicted octanol–water partition coefficient (Wildman–Crippen LogP) is 15.4. The molecule has 0 amide bonds. The van der Waals surface area contributed by atoms with Crippen molar-refractivity contribution in [3.05, 3.63) is 217 Å². The fraction of sp³-hybridized carbons (Fsp3) is 0. The van der Waals surface area contributed by atoms with Crippen molar-refractivity contribution in [2.75, 3.05) is 9.80 Å². The fourth-order valence-corrected chi connectivity index (χ4v) is 8.20. The average molecular weight is 761 g/mol. The molecule has 0 aliphatic carbocycles. The van der Waals surface area contributed by atoms with Crippen molar-refractivity contribution in [3.8, 4) is 22.3 Å². The van der Waals surface area contributed by atoms with Crippen LogP contribution in [0, 0.1) is 23.3 Å². The smallest absolute Gasteiger partial charge is 0.147 e. The lowest BCUT2D eigenvalue weighted by molar-refractivity contribution is 0.619. The molecule has 0 atom stereocenters. The highest BCUT2D eigenvalue weighted by Gasteiger charge is 2.26. The summed E-state index contributed by atoms with van der Waals surface area (Å²) in [6.07, 6.45) is 0. The summed E-state index contributed by atoms with van der Waals surface area (Å²) in [7, 11) is 0. The lowest BCUT2D eigenvalue weighted by Crippen LogP contribution is -2.14. The van der Waals surface area contributed by atoms with Gasteiger partial charge in [-0.1, -0.05) is 133 Å². The van der Waals surface area contributed by atoms with E-state index in [1.165, 1.54) is 24.3 Å². The van der Waals surface area contributed by atoms with E-state index in [-0.39, 0.29) is 22.7 Å². The first-order valence-electron chi connectivity index (χ1n) is 18.9. The second-order valence-electron chi connectivity index (χ2n) is 14.2. The predicted molar refractivity (Wildman–Crippen MR) is 230 cm³/mol. The molecule has 0 saturated heterocycles. The molecule has 0 saturated carbocycles. The van der Waals surface area contributed by atoms with Gasteiger partial charge in [-0.25, -0.2) is 17.6 Å². The molecule has 10 aromatic rings. The van der Waals surface area contributed by atoms with E-state index in [4.69, 9.17) is 0 Å². The quantitative estimate of drug-likeness (QED) is 0.112. The highest BCUT2D eigenvalue weighted by atomic mass is 19.1. The first kappa shape index (κ1) is 35.0. The van der Waals surface area contributed by atoms with Crippen LogP contribution in [0.4, 0.5) is 51.7 Å². The SMILES string of the molecule is Fc1ccccc1N(c1ccc(-c2ccccc2)cc1F)c1ccc2ccc3c(N(c4ccccc4F)c4ccc(-c5ccccc5)cc4F)ccc4ccc1c2c43. The van der Waals surface area contributed by atoms with Crippen molar-refractivity contribution in [2.24, 2.45) is 0 Å². The maximum Gasteiger partial charge on any atom is 0.147 e. The molecule has 0 aliphatic heterocycles. The van der Waals surface area contributed by atoms with Crippen LogP contribution in [-0.4, -0.2) is 0 Å². The first-order chi connectivity index (χ1) is 28.4. The molecule has 0 fully saturated rings. The molecule has 10 rings (SSSR count). The van der Waals surface area contributed by atoms with Crippen LogP contribution in [-0.2, 0) is 0 Å². The van der Waals surface area contributed by atoms with Gasteiger partial charge in [0.25, 0.3) is 0 Å². The van der Waals surface area contributed by atoms with Gasteiger partial charge >= 0.3 is 0 Å². The number of benzene rings is 10. The van der Waals surface area contributed by atoms with E-state index in [1.54, 1.807) is 58.3 Å². The Morgan fingerprint density at radius 3 is 1.00 bits per heavy atom. The van der Waals surface area contributed by atoms with Gasteiger partial charge in [0.2, 0.25) is 0 Å². The molecule has 0 bridgehead atoms. The van der Waals surface area contributed by atoms with Gasteiger partial charge in [-0.15, -0.1) is 0 Å². The monoisotopic (exact) mass is 760 g/mol. The number of hydrogen-bond acceptors (Lipinski definition) is 2. The van der Waals surface area contributed by atoms with Crippen LogP contribution in [0.25, 0.3) is 54.6 Å². The van der Waals surface area contributed by atoms with Gasteiger partial charge in [-0.2, -0.15) is 0 Å². The third-order valence-corrected chi connectivity index (χ3v) is 10.9. The fourth-order valence-electron chi connectivity index (χ4n) is 8.20. The highest BCUT2D eigenvalue weighted by Crippen LogP contribution is 2.49. The molecule has 58 heavy (non-hydrogen) atoms. The summed E-state index contributed by atoms with van der Waals surface area (Å²) in [5, 5.41) is 5.00. The van der Waals surface area contributed by atoms with Crippen LogP contribution in [0.5, 0.6) is 0 Å². The second-order valence-corrected chi connectivity index (χ2v) is 14.2. The zero-order valence-corrected chi connectivity index (χ0v) is 30.9. The minimum absolute atomic E-state index is 0.181. The molecule has 0 spiro atoms. The van der Waals surface area contributed by atoms with E-state index >= 15 is 17.6 Å². The van der Waals surface area contributed by atoms with Gasteiger partial charge in [-0.05, 0) is 104 Å². The van der Waals surface area contributed by atoms with Crippen LogP contribution >= 0.6 is 0 Å². The molecule has 0 heterocycles. The number of hydrogen-bond donors (Lipinski definition) is 0.